The van der Waals surface area contributed by atoms with Gasteiger partial charge in [-0.3, -0.25) is 4.79 Å². The Morgan fingerprint density at radius 2 is 1.86 bits per heavy atom. The van der Waals surface area contributed by atoms with Gasteiger partial charge in [0.05, 0.1) is 19.8 Å². The molecule has 1 amide bonds. The van der Waals surface area contributed by atoms with Crippen molar-refractivity contribution in [2.24, 2.45) is 0 Å². The van der Waals surface area contributed by atoms with Crippen molar-refractivity contribution in [3.63, 3.8) is 0 Å². The zero-order chi connectivity index (χ0) is 20.1. The molecule has 2 aromatic rings. The maximum Gasteiger partial charge on any atom is 0.387 e. The molecule has 0 spiro atoms. The third-order valence-electron chi connectivity index (χ3n) is 3.97. The molecule has 0 atom stereocenters. The zero-order valence-electron chi connectivity index (χ0n) is 14.6. The Labute approximate surface area is 164 Å². The minimum absolute atomic E-state index is 0.0391. The van der Waals surface area contributed by atoms with Gasteiger partial charge in [-0.05, 0) is 36.4 Å². The highest BCUT2D eigenvalue weighted by Gasteiger charge is 2.27. The first kappa shape index (κ1) is 20.6. The van der Waals surface area contributed by atoms with Crippen molar-refractivity contribution < 1.29 is 31.5 Å². The van der Waals surface area contributed by atoms with Gasteiger partial charge in [0.15, 0.2) is 0 Å². The van der Waals surface area contributed by atoms with E-state index in [1.54, 1.807) is 6.07 Å². The molecule has 152 valence electrons. The number of sulfonamides is 1. The van der Waals surface area contributed by atoms with Crippen LogP contribution in [-0.2, 0) is 21.3 Å². The van der Waals surface area contributed by atoms with Crippen molar-refractivity contribution in [3.05, 3.63) is 46.8 Å². The molecular formula is C17H18F2N2O5S2. The molecule has 1 aliphatic rings. The molecule has 11 heteroatoms. The molecule has 7 nitrogen and oxygen atoms in total. The molecule has 0 aliphatic carbocycles. The van der Waals surface area contributed by atoms with Crippen LogP contribution in [0.15, 0.2) is 40.6 Å². The van der Waals surface area contributed by atoms with Gasteiger partial charge < -0.3 is 14.8 Å². The number of amides is 1. The van der Waals surface area contributed by atoms with Crippen molar-refractivity contribution in [1.82, 2.24) is 9.62 Å². The first-order valence-electron chi connectivity index (χ1n) is 8.36. The summed E-state index contributed by atoms with van der Waals surface area (Å²) in [5.74, 6) is -0.447. The summed E-state index contributed by atoms with van der Waals surface area (Å²) >= 11 is 1.09. The van der Waals surface area contributed by atoms with E-state index in [0.29, 0.717) is 31.2 Å². The molecule has 1 saturated heterocycles. The number of ether oxygens (including phenoxy) is 2. The fraction of sp³-hybridized carbons (Fsp3) is 0.353. The number of thiophene rings is 1. The Balaban J connectivity index is 1.58. The van der Waals surface area contributed by atoms with E-state index in [1.807, 2.05) is 0 Å². The van der Waals surface area contributed by atoms with Crippen LogP contribution >= 0.6 is 11.3 Å². The van der Waals surface area contributed by atoms with Crippen molar-refractivity contribution in [1.29, 1.82) is 0 Å². The highest BCUT2D eigenvalue weighted by molar-refractivity contribution is 7.91. The van der Waals surface area contributed by atoms with Gasteiger partial charge in [-0.15, -0.1) is 11.3 Å². The van der Waals surface area contributed by atoms with Crippen molar-refractivity contribution >= 4 is 27.3 Å². The van der Waals surface area contributed by atoms with E-state index in [4.69, 9.17) is 4.74 Å². The van der Waals surface area contributed by atoms with Gasteiger partial charge >= 0.3 is 6.61 Å². The number of halogens is 2. The Morgan fingerprint density at radius 3 is 2.50 bits per heavy atom. The van der Waals surface area contributed by atoms with E-state index in [2.05, 4.69) is 10.1 Å². The van der Waals surface area contributed by atoms with Gasteiger partial charge in [0.2, 0.25) is 0 Å². The molecule has 1 N–H and O–H groups in total. The average Bonchev–Trinajstić information content (AvgIpc) is 3.17. The fourth-order valence-corrected chi connectivity index (χ4v) is 5.42. The van der Waals surface area contributed by atoms with Crippen LogP contribution in [0.2, 0.25) is 0 Å². The number of rotatable bonds is 7. The van der Waals surface area contributed by atoms with Gasteiger partial charge in [0, 0.05) is 23.5 Å². The maximum absolute atomic E-state index is 12.6. The number of hydrogen-bond acceptors (Lipinski definition) is 6. The van der Waals surface area contributed by atoms with Gasteiger partial charge in [0.25, 0.3) is 15.9 Å². The molecule has 28 heavy (non-hydrogen) atoms. The third kappa shape index (κ3) is 5.04. The molecule has 0 unspecified atom stereocenters. The lowest BCUT2D eigenvalue weighted by Gasteiger charge is -2.25. The fourth-order valence-electron chi connectivity index (χ4n) is 2.56. The largest absolute Gasteiger partial charge is 0.435 e. The van der Waals surface area contributed by atoms with Crippen LogP contribution in [0.1, 0.15) is 15.2 Å². The molecular weight excluding hydrogens is 414 g/mol. The van der Waals surface area contributed by atoms with Gasteiger partial charge in [-0.1, -0.05) is 0 Å². The highest BCUT2D eigenvalue weighted by Crippen LogP contribution is 2.25. The molecule has 1 aliphatic heterocycles. The lowest BCUT2D eigenvalue weighted by Crippen LogP contribution is -2.40. The van der Waals surface area contributed by atoms with Crippen LogP contribution in [0, 0.1) is 0 Å². The topological polar surface area (TPSA) is 84.9 Å². The van der Waals surface area contributed by atoms with Crippen LogP contribution in [0.4, 0.5) is 8.78 Å². The molecule has 0 saturated carbocycles. The first-order chi connectivity index (χ1) is 13.4. The van der Waals surface area contributed by atoms with Crippen LogP contribution in [-0.4, -0.2) is 51.5 Å². The van der Waals surface area contributed by atoms with Gasteiger partial charge in [0.1, 0.15) is 9.96 Å². The second-order valence-electron chi connectivity index (χ2n) is 5.82. The van der Waals surface area contributed by atoms with E-state index < -0.39 is 22.5 Å². The quantitative estimate of drug-likeness (QED) is 0.726. The second kappa shape index (κ2) is 8.95. The summed E-state index contributed by atoms with van der Waals surface area (Å²) in [6.07, 6.45) is 0. The first-order valence-corrected chi connectivity index (χ1v) is 10.6. The van der Waals surface area contributed by atoms with Gasteiger partial charge in [-0.2, -0.15) is 13.1 Å². The third-order valence-corrected chi connectivity index (χ3v) is 7.42. The van der Waals surface area contributed by atoms with Crippen LogP contribution in [0.25, 0.3) is 0 Å². The van der Waals surface area contributed by atoms with E-state index in [-0.39, 0.29) is 22.1 Å². The second-order valence-corrected chi connectivity index (χ2v) is 9.16. The SMILES string of the molecule is O=C(NCc1ccc(S(=O)(=O)N2CCOCC2)s1)c1ccc(OC(F)F)cc1. The summed E-state index contributed by atoms with van der Waals surface area (Å²) in [5, 5.41) is 2.67. The number of nitrogens with one attached hydrogen (secondary N) is 1. The van der Waals surface area contributed by atoms with Crippen LogP contribution in [0.5, 0.6) is 5.75 Å². The van der Waals surface area contributed by atoms with Gasteiger partial charge in [-0.25, -0.2) is 8.42 Å². The molecule has 1 aromatic heterocycles. The van der Waals surface area contributed by atoms with Crippen LogP contribution in [0.3, 0.4) is 0 Å². The predicted molar refractivity (Wildman–Crippen MR) is 98.1 cm³/mol. The monoisotopic (exact) mass is 432 g/mol. The highest BCUT2D eigenvalue weighted by atomic mass is 32.2. The smallest absolute Gasteiger partial charge is 0.387 e. The van der Waals surface area contributed by atoms with E-state index in [1.165, 1.54) is 34.6 Å². The number of nitrogens with zero attached hydrogens (tertiary/aromatic N) is 1. The van der Waals surface area contributed by atoms with Crippen molar-refractivity contribution in [2.75, 3.05) is 26.3 Å². The summed E-state index contributed by atoms with van der Waals surface area (Å²) < 4.78 is 60.5. The Morgan fingerprint density at radius 1 is 1.18 bits per heavy atom. The Kier molecular flexibility index (Phi) is 6.60. The number of carbonyl (C=O) groups is 1. The molecule has 0 radical (unpaired) electrons. The average molecular weight is 432 g/mol. The zero-order valence-corrected chi connectivity index (χ0v) is 16.3. The van der Waals surface area contributed by atoms with Crippen LogP contribution < -0.4 is 10.1 Å². The number of hydrogen-bond donors (Lipinski definition) is 1. The minimum atomic E-state index is -3.56. The molecule has 1 aromatic carbocycles. The standard InChI is InChI=1S/C17H18F2N2O5S2/c18-17(19)26-13-3-1-12(2-4-13)16(22)20-11-14-5-6-15(27-14)28(23,24)21-7-9-25-10-8-21/h1-6,17H,7-11H2,(H,20,22). The molecule has 1 fully saturated rings. The molecule has 0 bridgehead atoms. The molecule has 3 rings (SSSR count). The summed E-state index contributed by atoms with van der Waals surface area (Å²) in [6, 6.07) is 8.47. The minimum Gasteiger partial charge on any atom is -0.435 e. The summed E-state index contributed by atoms with van der Waals surface area (Å²) in [5.41, 5.74) is 0.277. The predicted octanol–water partition coefficient (Wildman–Crippen LogP) is 2.30. The Bertz CT molecular complexity index is 910. The van der Waals surface area contributed by atoms with E-state index in [0.717, 1.165) is 11.3 Å². The summed E-state index contributed by atoms with van der Waals surface area (Å²) in [4.78, 5) is 12.8. The number of carbonyl (C=O) groups excluding carboxylic acids is 1. The lowest BCUT2D eigenvalue weighted by atomic mass is 10.2. The Hall–Kier alpha value is -2.08. The van der Waals surface area contributed by atoms with E-state index in [9.17, 15) is 22.0 Å². The van der Waals surface area contributed by atoms with Crippen molar-refractivity contribution in [3.8, 4) is 5.75 Å². The maximum atomic E-state index is 12.6. The number of morpholine rings is 1. The summed E-state index contributed by atoms with van der Waals surface area (Å²) in [7, 11) is -3.56. The summed E-state index contributed by atoms with van der Waals surface area (Å²) in [6.45, 7) is -1.41. The number of alkyl halides is 2. The number of benzene rings is 1. The van der Waals surface area contributed by atoms with E-state index >= 15 is 0 Å². The molecule has 2 heterocycles. The normalized spacial score (nSPS) is 15.5. The van der Waals surface area contributed by atoms with Crippen molar-refractivity contribution in [2.45, 2.75) is 17.4 Å². The lowest BCUT2D eigenvalue weighted by molar-refractivity contribution is -0.0498.